The molecule has 0 spiro atoms. The van der Waals surface area contributed by atoms with Crippen LogP contribution in [0.3, 0.4) is 0 Å². The van der Waals surface area contributed by atoms with E-state index in [2.05, 4.69) is 11.4 Å². The number of carbonyl (C=O) groups excluding carboxylic acids is 2. The van der Waals surface area contributed by atoms with Crippen molar-refractivity contribution in [2.75, 3.05) is 19.0 Å². The van der Waals surface area contributed by atoms with E-state index in [1.165, 1.54) is 5.56 Å². The second kappa shape index (κ2) is 10.3. The van der Waals surface area contributed by atoms with Crippen molar-refractivity contribution in [1.29, 1.82) is 0 Å². The Morgan fingerprint density at radius 3 is 2.51 bits per heavy atom. The molecule has 188 valence electrons. The van der Waals surface area contributed by atoms with Gasteiger partial charge in [0.15, 0.2) is 0 Å². The molecule has 0 saturated heterocycles. The van der Waals surface area contributed by atoms with Crippen LogP contribution in [0.15, 0.2) is 78.9 Å². The smallest absolute Gasteiger partial charge is 0.227 e. The van der Waals surface area contributed by atoms with E-state index in [0.29, 0.717) is 23.8 Å². The first-order valence-electron chi connectivity index (χ1n) is 12.4. The number of methoxy groups -OCH3 is 1. The Morgan fingerprint density at radius 2 is 1.76 bits per heavy atom. The number of para-hydroxylation sites is 1. The van der Waals surface area contributed by atoms with Crippen LogP contribution >= 0.6 is 0 Å². The SMILES string of the molecule is COc1ccccc1-c1cc(NC(=O)CC2c3ccccc3CCN2C(C)=O)n(-c2ccc(C)cc2)n1. The molecule has 1 N–H and O–H groups in total. The highest BCUT2D eigenvalue weighted by atomic mass is 16.5. The summed E-state index contributed by atoms with van der Waals surface area (Å²) < 4.78 is 7.28. The molecule has 4 aromatic rings. The Kier molecular flexibility index (Phi) is 6.77. The molecule has 0 radical (unpaired) electrons. The van der Waals surface area contributed by atoms with Gasteiger partial charge in [-0.25, -0.2) is 4.68 Å². The van der Waals surface area contributed by atoms with E-state index in [-0.39, 0.29) is 24.3 Å². The van der Waals surface area contributed by atoms with Gasteiger partial charge in [-0.05, 0) is 48.7 Å². The van der Waals surface area contributed by atoms with Gasteiger partial charge in [-0.3, -0.25) is 9.59 Å². The Morgan fingerprint density at radius 1 is 1.03 bits per heavy atom. The topological polar surface area (TPSA) is 76.5 Å². The second-order valence-electron chi connectivity index (χ2n) is 9.29. The molecule has 1 unspecified atom stereocenters. The molecule has 0 aliphatic carbocycles. The number of fused-ring (bicyclic) bond motifs is 1. The molecule has 0 saturated carbocycles. The number of amides is 2. The predicted octanol–water partition coefficient (Wildman–Crippen LogP) is 5.33. The quantitative estimate of drug-likeness (QED) is 0.393. The van der Waals surface area contributed by atoms with Crippen molar-refractivity contribution >= 4 is 17.6 Å². The molecule has 0 fully saturated rings. The van der Waals surface area contributed by atoms with Crippen LogP contribution in [0.1, 0.15) is 36.1 Å². The third kappa shape index (κ3) is 4.98. The molecule has 0 bridgehead atoms. The van der Waals surface area contributed by atoms with Crippen LogP contribution in [0.5, 0.6) is 5.75 Å². The zero-order chi connectivity index (χ0) is 25.9. The number of ether oxygens (including phenoxy) is 1. The summed E-state index contributed by atoms with van der Waals surface area (Å²) in [5, 5.41) is 7.90. The summed E-state index contributed by atoms with van der Waals surface area (Å²) in [6.07, 6.45) is 0.940. The van der Waals surface area contributed by atoms with Gasteiger partial charge in [-0.2, -0.15) is 5.10 Å². The van der Waals surface area contributed by atoms with Crippen molar-refractivity contribution in [3.63, 3.8) is 0 Å². The van der Waals surface area contributed by atoms with E-state index in [1.807, 2.05) is 79.7 Å². The van der Waals surface area contributed by atoms with Crippen molar-refractivity contribution in [2.45, 2.75) is 32.7 Å². The Bertz CT molecular complexity index is 1440. The number of nitrogens with one attached hydrogen (secondary N) is 1. The zero-order valence-electron chi connectivity index (χ0n) is 21.3. The number of aryl methyl sites for hydroxylation is 1. The maximum absolute atomic E-state index is 13.5. The summed E-state index contributed by atoms with van der Waals surface area (Å²) in [4.78, 5) is 27.7. The fraction of sp³-hybridized carbons (Fsp3) is 0.233. The van der Waals surface area contributed by atoms with Gasteiger partial charge in [0.05, 0.1) is 31.0 Å². The van der Waals surface area contributed by atoms with Gasteiger partial charge in [0.1, 0.15) is 11.6 Å². The second-order valence-corrected chi connectivity index (χ2v) is 9.29. The van der Waals surface area contributed by atoms with Crippen LogP contribution in [0.25, 0.3) is 16.9 Å². The van der Waals surface area contributed by atoms with E-state index in [0.717, 1.165) is 28.8 Å². The summed E-state index contributed by atoms with van der Waals surface area (Å²) in [7, 11) is 1.63. The maximum atomic E-state index is 13.5. The molecule has 37 heavy (non-hydrogen) atoms. The summed E-state index contributed by atoms with van der Waals surface area (Å²) in [5.74, 6) is 1.03. The molecule has 1 aliphatic rings. The predicted molar refractivity (Wildman–Crippen MR) is 144 cm³/mol. The normalized spacial score (nSPS) is 14.7. The Balaban J connectivity index is 1.49. The van der Waals surface area contributed by atoms with E-state index in [4.69, 9.17) is 9.84 Å². The van der Waals surface area contributed by atoms with Crippen molar-refractivity contribution < 1.29 is 14.3 Å². The van der Waals surface area contributed by atoms with Crippen LogP contribution in [-0.2, 0) is 16.0 Å². The van der Waals surface area contributed by atoms with Crippen LogP contribution in [-0.4, -0.2) is 40.1 Å². The molecule has 2 amide bonds. The highest BCUT2D eigenvalue weighted by Gasteiger charge is 2.31. The zero-order valence-corrected chi connectivity index (χ0v) is 21.3. The van der Waals surface area contributed by atoms with Crippen molar-refractivity contribution in [2.24, 2.45) is 0 Å². The van der Waals surface area contributed by atoms with E-state index < -0.39 is 0 Å². The van der Waals surface area contributed by atoms with Gasteiger partial charge in [0.2, 0.25) is 11.8 Å². The van der Waals surface area contributed by atoms with Crippen LogP contribution in [0, 0.1) is 6.92 Å². The molecule has 2 heterocycles. The molecular weight excluding hydrogens is 464 g/mol. The Hall–Kier alpha value is -4.39. The lowest BCUT2D eigenvalue weighted by Crippen LogP contribution is -2.40. The first-order valence-corrected chi connectivity index (χ1v) is 12.4. The van der Waals surface area contributed by atoms with Gasteiger partial charge in [0.25, 0.3) is 0 Å². The molecule has 1 aliphatic heterocycles. The van der Waals surface area contributed by atoms with E-state index >= 15 is 0 Å². The first-order chi connectivity index (χ1) is 17.9. The molecule has 1 atom stereocenters. The number of rotatable bonds is 6. The summed E-state index contributed by atoms with van der Waals surface area (Å²) in [5.41, 5.74) is 5.68. The highest BCUT2D eigenvalue weighted by molar-refractivity contribution is 5.92. The van der Waals surface area contributed by atoms with Crippen molar-refractivity contribution in [1.82, 2.24) is 14.7 Å². The number of carbonyl (C=O) groups is 2. The highest BCUT2D eigenvalue weighted by Crippen LogP contribution is 2.34. The van der Waals surface area contributed by atoms with Gasteiger partial charge in [-0.15, -0.1) is 0 Å². The minimum atomic E-state index is -0.313. The lowest BCUT2D eigenvalue weighted by atomic mass is 9.90. The van der Waals surface area contributed by atoms with Crippen LogP contribution in [0.2, 0.25) is 0 Å². The van der Waals surface area contributed by atoms with E-state index in [1.54, 1.807) is 23.6 Å². The van der Waals surface area contributed by atoms with Gasteiger partial charge < -0.3 is 15.0 Å². The van der Waals surface area contributed by atoms with Gasteiger partial charge in [0, 0.05) is 25.1 Å². The minimum Gasteiger partial charge on any atom is -0.496 e. The largest absolute Gasteiger partial charge is 0.496 e. The standard InChI is InChI=1S/C30H30N4O3/c1-20-12-14-23(15-13-20)34-29(18-26(32-34)25-10-6-7-11-28(25)37-3)31-30(36)19-27-24-9-5-4-8-22(24)16-17-33(27)21(2)35/h4-15,18,27H,16-17,19H2,1-3H3,(H,31,36). The lowest BCUT2D eigenvalue weighted by Gasteiger charge is -2.36. The summed E-state index contributed by atoms with van der Waals surface area (Å²) >= 11 is 0. The number of hydrogen-bond donors (Lipinski definition) is 1. The number of nitrogens with zero attached hydrogens (tertiary/aromatic N) is 3. The van der Waals surface area contributed by atoms with Crippen molar-refractivity contribution in [3.05, 3.63) is 95.6 Å². The van der Waals surface area contributed by atoms with Crippen LogP contribution < -0.4 is 10.1 Å². The van der Waals surface area contributed by atoms with Gasteiger partial charge >= 0.3 is 0 Å². The lowest BCUT2D eigenvalue weighted by molar-refractivity contribution is -0.132. The minimum absolute atomic E-state index is 0.0320. The fourth-order valence-electron chi connectivity index (χ4n) is 4.96. The average molecular weight is 495 g/mol. The molecule has 7 nitrogen and oxygen atoms in total. The number of aromatic nitrogens is 2. The fourth-order valence-corrected chi connectivity index (χ4v) is 4.96. The number of hydrogen-bond acceptors (Lipinski definition) is 4. The molecule has 7 heteroatoms. The average Bonchev–Trinajstić information content (AvgIpc) is 3.32. The Labute approximate surface area is 216 Å². The van der Waals surface area contributed by atoms with Crippen LogP contribution in [0.4, 0.5) is 5.82 Å². The first kappa shape index (κ1) is 24.3. The number of anilines is 1. The van der Waals surface area contributed by atoms with E-state index in [9.17, 15) is 9.59 Å². The maximum Gasteiger partial charge on any atom is 0.227 e. The molecule has 3 aromatic carbocycles. The molecule has 5 rings (SSSR count). The monoisotopic (exact) mass is 494 g/mol. The number of benzene rings is 3. The third-order valence-corrected chi connectivity index (χ3v) is 6.83. The third-order valence-electron chi connectivity index (χ3n) is 6.83. The summed E-state index contributed by atoms with van der Waals surface area (Å²) in [6, 6.07) is 25.2. The molecule has 1 aromatic heterocycles. The van der Waals surface area contributed by atoms with Gasteiger partial charge in [-0.1, -0.05) is 54.1 Å². The van der Waals surface area contributed by atoms with Crippen molar-refractivity contribution in [3.8, 4) is 22.7 Å². The molecular formula is C30H30N4O3. The summed E-state index contributed by atoms with van der Waals surface area (Å²) in [6.45, 7) is 4.19.